The number of nitrogens with one attached hydrogen (secondary N) is 1. The Morgan fingerprint density at radius 3 is 2.74 bits per heavy atom. The van der Waals surface area contributed by atoms with Crippen LogP contribution in [0.25, 0.3) is 0 Å². The second-order valence-corrected chi connectivity index (χ2v) is 8.14. The number of carbonyl (C=O) groups excluding carboxylic acids is 2. The predicted molar refractivity (Wildman–Crippen MR) is 115 cm³/mol. The largest absolute Gasteiger partial charge is 0.483 e. The van der Waals surface area contributed by atoms with E-state index in [9.17, 15) is 9.59 Å². The minimum absolute atomic E-state index is 0.0818. The maximum Gasteiger partial charge on any atom is 0.290 e. The van der Waals surface area contributed by atoms with Crippen molar-refractivity contribution < 1.29 is 19.5 Å². The van der Waals surface area contributed by atoms with Gasteiger partial charge in [-0.3, -0.25) is 19.4 Å². The molecule has 2 aliphatic heterocycles. The number of amides is 2. The van der Waals surface area contributed by atoms with Crippen molar-refractivity contribution in [3.8, 4) is 0 Å². The van der Waals surface area contributed by atoms with Crippen molar-refractivity contribution >= 4 is 40.4 Å². The number of carbonyl (C=O) groups is 3. The van der Waals surface area contributed by atoms with Gasteiger partial charge in [-0.05, 0) is 29.7 Å². The van der Waals surface area contributed by atoms with Crippen molar-refractivity contribution in [3.63, 3.8) is 0 Å². The Kier molecular flexibility index (Phi) is 5.38. The molecule has 0 radical (unpaired) electrons. The molecule has 1 fully saturated rings. The summed E-state index contributed by atoms with van der Waals surface area (Å²) in [5, 5.41) is 10.2. The summed E-state index contributed by atoms with van der Waals surface area (Å²) in [6, 6.07) is 11.0. The molecule has 158 valence electrons. The van der Waals surface area contributed by atoms with Crippen LogP contribution in [0.5, 0.6) is 0 Å². The lowest BCUT2D eigenvalue weighted by Crippen LogP contribution is -2.42. The molecule has 1 saturated heterocycles. The summed E-state index contributed by atoms with van der Waals surface area (Å²) >= 11 is 1.16. The van der Waals surface area contributed by atoms with Crippen LogP contribution >= 0.6 is 11.3 Å². The van der Waals surface area contributed by atoms with Gasteiger partial charge in [0, 0.05) is 24.6 Å². The number of aromatic nitrogens is 2. The smallest absolute Gasteiger partial charge is 0.290 e. The van der Waals surface area contributed by atoms with Gasteiger partial charge in [-0.1, -0.05) is 35.6 Å². The number of hydrogen-bond acceptors (Lipinski definition) is 7. The van der Waals surface area contributed by atoms with Crippen molar-refractivity contribution in [3.05, 3.63) is 71.0 Å². The number of nitrogen functional groups attached to an aromatic ring is 1. The van der Waals surface area contributed by atoms with E-state index < -0.39 is 11.5 Å². The molecular weight excluding hydrogens is 418 g/mol. The number of nitrogens with zero attached hydrogens (tertiary/aromatic N) is 3. The van der Waals surface area contributed by atoms with Crippen LogP contribution in [0, 0.1) is 0 Å². The van der Waals surface area contributed by atoms with E-state index in [0.717, 1.165) is 28.2 Å². The van der Waals surface area contributed by atoms with Crippen LogP contribution in [0.2, 0.25) is 0 Å². The zero-order valence-corrected chi connectivity index (χ0v) is 17.1. The Morgan fingerprint density at radius 2 is 2.06 bits per heavy atom. The van der Waals surface area contributed by atoms with Crippen LogP contribution in [0.15, 0.2) is 55.0 Å². The summed E-state index contributed by atoms with van der Waals surface area (Å²) in [5.41, 5.74) is 7.44. The lowest BCUT2D eigenvalue weighted by molar-refractivity contribution is -0.123. The molecule has 4 N–H and O–H groups in total. The molecule has 2 unspecified atom stereocenters. The second kappa shape index (κ2) is 8.15. The topological polar surface area (TPSA) is 139 Å². The van der Waals surface area contributed by atoms with Gasteiger partial charge in [0.25, 0.3) is 12.4 Å². The van der Waals surface area contributed by atoms with Crippen LogP contribution in [-0.2, 0) is 15.0 Å². The monoisotopic (exact) mass is 437 g/mol. The Balaban J connectivity index is 0.000000730. The highest BCUT2D eigenvalue weighted by Crippen LogP contribution is 2.54. The van der Waals surface area contributed by atoms with Gasteiger partial charge in [0.15, 0.2) is 5.13 Å². The molecule has 2 aliphatic rings. The van der Waals surface area contributed by atoms with Crippen molar-refractivity contribution in [1.29, 1.82) is 0 Å². The fraction of sp³-hybridized carbons (Fsp3) is 0.190. The number of likely N-dealkylation sites (tertiary alicyclic amines) is 1. The summed E-state index contributed by atoms with van der Waals surface area (Å²) in [7, 11) is 0. The maximum absolute atomic E-state index is 13.3. The molecule has 0 saturated carbocycles. The van der Waals surface area contributed by atoms with Crippen LogP contribution in [-0.4, -0.2) is 44.8 Å². The van der Waals surface area contributed by atoms with E-state index in [2.05, 4.69) is 15.3 Å². The molecule has 0 aliphatic carbocycles. The first-order valence-electron chi connectivity index (χ1n) is 9.44. The Labute approximate surface area is 181 Å². The highest BCUT2D eigenvalue weighted by atomic mass is 32.1. The number of fused-ring (bicyclic) bond motifs is 2. The van der Waals surface area contributed by atoms with Crippen molar-refractivity contribution in [1.82, 2.24) is 14.9 Å². The van der Waals surface area contributed by atoms with Crippen LogP contribution in [0.1, 0.15) is 33.3 Å². The van der Waals surface area contributed by atoms with E-state index >= 15 is 0 Å². The summed E-state index contributed by atoms with van der Waals surface area (Å²) in [6.45, 7) is 0.206. The van der Waals surface area contributed by atoms with Crippen LogP contribution in [0.3, 0.4) is 0 Å². The number of para-hydroxylation sites is 1. The lowest BCUT2D eigenvalue weighted by Gasteiger charge is -2.34. The quantitative estimate of drug-likeness (QED) is 0.523. The van der Waals surface area contributed by atoms with E-state index in [1.165, 1.54) is 6.20 Å². The van der Waals surface area contributed by atoms with Gasteiger partial charge in [-0.2, -0.15) is 0 Å². The number of carboxylic acid groups (broad SMARTS) is 1. The van der Waals surface area contributed by atoms with E-state index in [0.29, 0.717) is 23.0 Å². The molecule has 2 aromatic heterocycles. The van der Waals surface area contributed by atoms with Crippen molar-refractivity contribution in [2.75, 3.05) is 17.6 Å². The zero-order valence-electron chi connectivity index (χ0n) is 16.3. The summed E-state index contributed by atoms with van der Waals surface area (Å²) in [4.78, 5) is 45.4. The van der Waals surface area contributed by atoms with Crippen molar-refractivity contribution in [2.45, 2.75) is 17.9 Å². The van der Waals surface area contributed by atoms with E-state index in [4.69, 9.17) is 15.6 Å². The first-order chi connectivity index (χ1) is 15.0. The molecule has 1 spiro atoms. The summed E-state index contributed by atoms with van der Waals surface area (Å²) in [5.74, 6) is -0.251. The standard InChI is InChI=1S/C20H17N5O2S.CH2O2/c21-19-23-11-15(28-19)17(26)25-9-7-20(16(25)12-4-3-8-22-10-12)13-5-1-2-6-14(13)24-18(20)27;2-1-3/h1-6,8,10-11,16H,7,9H2,(H2,21,23)(H,24,27);1H,(H,2,3). The Bertz CT molecular complexity index is 1140. The minimum Gasteiger partial charge on any atom is -0.483 e. The highest BCUT2D eigenvalue weighted by molar-refractivity contribution is 7.17. The molecule has 2 amide bonds. The molecule has 2 atom stereocenters. The number of nitrogens with two attached hydrogens (primary N) is 1. The molecule has 9 nitrogen and oxygen atoms in total. The van der Waals surface area contributed by atoms with Gasteiger partial charge in [0.2, 0.25) is 5.91 Å². The minimum atomic E-state index is -0.842. The summed E-state index contributed by atoms with van der Waals surface area (Å²) < 4.78 is 0. The number of hydrogen-bond donors (Lipinski definition) is 3. The SMILES string of the molecule is Nc1ncc(C(=O)N2CCC3(C(=O)Nc4ccccc43)C2c2cccnc2)s1.O=CO. The molecular formula is C21H19N5O4S. The van der Waals surface area contributed by atoms with Gasteiger partial charge in [0.1, 0.15) is 10.3 Å². The van der Waals surface area contributed by atoms with Gasteiger partial charge in [-0.15, -0.1) is 0 Å². The molecule has 31 heavy (non-hydrogen) atoms. The number of thiazole rings is 1. The first kappa shape index (κ1) is 20.5. The van der Waals surface area contributed by atoms with Gasteiger partial charge in [-0.25, -0.2) is 4.98 Å². The predicted octanol–water partition coefficient (Wildman–Crippen LogP) is 2.30. The molecule has 5 rings (SSSR count). The number of rotatable bonds is 2. The van der Waals surface area contributed by atoms with E-state index in [1.54, 1.807) is 17.3 Å². The summed E-state index contributed by atoms with van der Waals surface area (Å²) in [6.07, 6.45) is 5.45. The molecule has 0 bridgehead atoms. The third-order valence-corrected chi connectivity index (χ3v) is 6.40. The fourth-order valence-corrected chi connectivity index (χ4v) is 5.08. The average molecular weight is 437 g/mol. The van der Waals surface area contributed by atoms with Crippen LogP contribution in [0.4, 0.5) is 10.8 Å². The molecule has 10 heteroatoms. The molecule has 4 heterocycles. The van der Waals surface area contributed by atoms with E-state index in [-0.39, 0.29) is 18.3 Å². The lowest BCUT2D eigenvalue weighted by atomic mass is 9.73. The van der Waals surface area contributed by atoms with Gasteiger partial charge >= 0.3 is 0 Å². The number of anilines is 2. The Morgan fingerprint density at radius 1 is 1.29 bits per heavy atom. The third kappa shape index (κ3) is 3.30. The van der Waals surface area contributed by atoms with E-state index in [1.807, 2.05) is 36.4 Å². The number of benzene rings is 1. The zero-order chi connectivity index (χ0) is 22.0. The second-order valence-electron chi connectivity index (χ2n) is 7.08. The van der Waals surface area contributed by atoms with Gasteiger partial charge < -0.3 is 21.1 Å². The molecule has 1 aromatic carbocycles. The molecule has 3 aromatic rings. The fourth-order valence-electron chi connectivity index (χ4n) is 4.43. The normalized spacial score (nSPS) is 21.2. The first-order valence-corrected chi connectivity index (χ1v) is 10.3. The highest BCUT2D eigenvalue weighted by Gasteiger charge is 2.59. The Hall–Kier alpha value is -3.79. The number of pyridine rings is 1. The van der Waals surface area contributed by atoms with Gasteiger partial charge in [0.05, 0.1) is 12.2 Å². The average Bonchev–Trinajstić information content (AvgIpc) is 3.46. The van der Waals surface area contributed by atoms with Crippen molar-refractivity contribution in [2.24, 2.45) is 0 Å². The maximum atomic E-state index is 13.3. The third-order valence-electron chi connectivity index (χ3n) is 5.58. The van der Waals surface area contributed by atoms with Crippen LogP contribution < -0.4 is 11.1 Å².